The van der Waals surface area contributed by atoms with Crippen LogP contribution in [0.1, 0.15) is 12.5 Å². The van der Waals surface area contributed by atoms with Gasteiger partial charge in [0.05, 0.1) is 16.7 Å². The first-order valence-electron chi connectivity index (χ1n) is 10.3. The van der Waals surface area contributed by atoms with Gasteiger partial charge in [0.15, 0.2) is 5.16 Å². The summed E-state index contributed by atoms with van der Waals surface area (Å²) in [5.41, 5.74) is 2.32. The number of nitrogens with one attached hydrogen (secondary N) is 1. The van der Waals surface area contributed by atoms with E-state index in [4.69, 9.17) is 4.74 Å². The molecule has 0 fully saturated rings. The molecule has 32 heavy (non-hydrogen) atoms. The molecular weight excluding hydrogens is 422 g/mol. The van der Waals surface area contributed by atoms with E-state index in [0.717, 1.165) is 11.3 Å². The van der Waals surface area contributed by atoms with Crippen LogP contribution in [0, 0.1) is 0 Å². The maximum absolute atomic E-state index is 12.7. The van der Waals surface area contributed by atoms with Gasteiger partial charge in [-0.05, 0) is 48.9 Å². The zero-order valence-corrected chi connectivity index (χ0v) is 18.5. The van der Waals surface area contributed by atoms with Crippen LogP contribution in [0.15, 0.2) is 88.8 Å². The third-order valence-corrected chi connectivity index (χ3v) is 5.84. The first kappa shape index (κ1) is 21.6. The van der Waals surface area contributed by atoms with Gasteiger partial charge in [-0.15, -0.1) is 0 Å². The van der Waals surface area contributed by atoms with Crippen molar-refractivity contribution in [2.24, 2.45) is 0 Å². The molecule has 0 radical (unpaired) electrons. The van der Waals surface area contributed by atoms with Crippen molar-refractivity contribution in [1.82, 2.24) is 9.55 Å². The van der Waals surface area contributed by atoms with Gasteiger partial charge in [0.2, 0.25) is 5.91 Å². The van der Waals surface area contributed by atoms with Crippen molar-refractivity contribution in [3.63, 3.8) is 0 Å². The number of rotatable bonds is 8. The van der Waals surface area contributed by atoms with Crippen molar-refractivity contribution >= 4 is 34.3 Å². The Morgan fingerprint density at radius 1 is 1.00 bits per heavy atom. The molecule has 162 valence electrons. The SMILES string of the molecule is CCn1c(SCC(=O)Nc2ccc(OCc3ccccc3)cc2)nc2ccccc2c1=O. The third kappa shape index (κ3) is 5.18. The van der Waals surface area contributed by atoms with Crippen molar-refractivity contribution in [1.29, 1.82) is 0 Å². The Morgan fingerprint density at radius 2 is 1.72 bits per heavy atom. The monoisotopic (exact) mass is 445 g/mol. The van der Waals surface area contributed by atoms with E-state index in [1.54, 1.807) is 22.8 Å². The summed E-state index contributed by atoms with van der Waals surface area (Å²) in [5.74, 6) is 0.711. The zero-order valence-electron chi connectivity index (χ0n) is 17.7. The standard InChI is InChI=1S/C25H23N3O3S/c1-2-28-24(30)21-10-6-7-11-22(21)27-25(28)32-17-23(29)26-19-12-14-20(15-13-19)31-16-18-8-4-3-5-9-18/h3-15H,2,16-17H2,1H3,(H,26,29). The molecule has 0 spiro atoms. The highest BCUT2D eigenvalue weighted by Gasteiger charge is 2.12. The van der Waals surface area contributed by atoms with Gasteiger partial charge in [0, 0.05) is 12.2 Å². The number of ether oxygens (including phenoxy) is 1. The van der Waals surface area contributed by atoms with E-state index in [-0.39, 0.29) is 17.2 Å². The first-order valence-corrected chi connectivity index (χ1v) is 11.3. The van der Waals surface area contributed by atoms with Gasteiger partial charge in [-0.25, -0.2) is 4.98 Å². The number of aromatic nitrogens is 2. The molecule has 0 aliphatic heterocycles. The summed E-state index contributed by atoms with van der Waals surface area (Å²) in [6, 6.07) is 24.4. The van der Waals surface area contributed by atoms with Crippen LogP contribution in [0.25, 0.3) is 10.9 Å². The normalized spacial score (nSPS) is 10.8. The van der Waals surface area contributed by atoms with Crippen molar-refractivity contribution in [3.8, 4) is 5.75 Å². The Kier molecular flexibility index (Phi) is 6.87. The average Bonchev–Trinajstić information content (AvgIpc) is 2.83. The minimum absolute atomic E-state index is 0.0906. The summed E-state index contributed by atoms with van der Waals surface area (Å²) in [7, 11) is 0. The number of nitrogens with zero attached hydrogens (tertiary/aromatic N) is 2. The van der Waals surface area contributed by atoms with Crippen LogP contribution in [-0.4, -0.2) is 21.2 Å². The summed E-state index contributed by atoms with van der Waals surface area (Å²) in [6.07, 6.45) is 0. The Morgan fingerprint density at radius 3 is 2.47 bits per heavy atom. The Labute approximate surface area is 190 Å². The number of hydrogen-bond donors (Lipinski definition) is 1. The predicted octanol–water partition coefficient (Wildman–Crippen LogP) is 4.73. The lowest BCUT2D eigenvalue weighted by Gasteiger charge is -2.11. The van der Waals surface area contributed by atoms with Gasteiger partial charge in [-0.2, -0.15) is 0 Å². The van der Waals surface area contributed by atoms with Crippen LogP contribution in [0.5, 0.6) is 5.75 Å². The molecule has 0 unspecified atom stereocenters. The van der Waals surface area contributed by atoms with Gasteiger partial charge < -0.3 is 10.1 Å². The summed E-state index contributed by atoms with van der Waals surface area (Å²) in [4.78, 5) is 29.7. The first-order chi connectivity index (χ1) is 15.6. The van der Waals surface area contributed by atoms with E-state index < -0.39 is 0 Å². The number of carbonyl (C=O) groups excluding carboxylic acids is 1. The van der Waals surface area contributed by atoms with E-state index in [0.29, 0.717) is 34.9 Å². The number of fused-ring (bicyclic) bond motifs is 1. The number of thioether (sulfide) groups is 1. The van der Waals surface area contributed by atoms with Crippen LogP contribution >= 0.6 is 11.8 Å². The largest absolute Gasteiger partial charge is 0.489 e. The minimum atomic E-state index is -0.169. The number of benzene rings is 3. The minimum Gasteiger partial charge on any atom is -0.489 e. The molecule has 0 bridgehead atoms. The van der Waals surface area contributed by atoms with Gasteiger partial charge in [0.1, 0.15) is 12.4 Å². The molecule has 0 aliphatic rings. The fourth-order valence-electron chi connectivity index (χ4n) is 3.24. The maximum atomic E-state index is 12.7. The lowest BCUT2D eigenvalue weighted by molar-refractivity contribution is -0.113. The van der Waals surface area contributed by atoms with Crippen molar-refractivity contribution < 1.29 is 9.53 Å². The smallest absolute Gasteiger partial charge is 0.262 e. The summed E-state index contributed by atoms with van der Waals surface area (Å²) in [5, 5.41) is 3.99. The zero-order chi connectivity index (χ0) is 22.3. The van der Waals surface area contributed by atoms with Gasteiger partial charge in [-0.1, -0.05) is 54.2 Å². The quantitative estimate of drug-likeness (QED) is 0.314. The topological polar surface area (TPSA) is 73.2 Å². The number of hydrogen-bond acceptors (Lipinski definition) is 5. The Bertz CT molecular complexity index is 1270. The Hall–Kier alpha value is -3.58. The summed E-state index contributed by atoms with van der Waals surface area (Å²) < 4.78 is 7.37. The number of anilines is 1. The van der Waals surface area contributed by atoms with E-state index in [2.05, 4.69) is 10.3 Å². The van der Waals surface area contributed by atoms with Crippen LogP contribution < -0.4 is 15.6 Å². The molecule has 3 aromatic carbocycles. The van der Waals surface area contributed by atoms with Crippen molar-refractivity contribution in [3.05, 3.63) is 94.8 Å². The van der Waals surface area contributed by atoms with E-state index in [9.17, 15) is 9.59 Å². The molecule has 1 amide bonds. The van der Waals surface area contributed by atoms with E-state index >= 15 is 0 Å². The third-order valence-electron chi connectivity index (χ3n) is 4.86. The molecule has 0 aliphatic carbocycles. The highest BCUT2D eigenvalue weighted by molar-refractivity contribution is 7.99. The molecule has 1 aromatic heterocycles. The van der Waals surface area contributed by atoms with Crippen LogP contribution in [0.3, 0.4) is 0 Å². The molecule has 0 saturated carbocycles. The molecule has 6 nitrogen and oxygen atoms in total. The second-order valence-corrected chi connectivity index (χ2v) is 8.04. The van der Waals surface area contributed by atoms with Crippen LogP contribution in [0.2, 0.25) is 0 Å². The van der Waals surface area contributed by atoms with E-state index in [1.807, 2.05) is 67.6 Å². The van der Waals surface area contributed by atoms with Crippen LogP contribution in [-0.2, 0) is 17.9 Å². The summed E-state index contributed by atoms with van der Waals surface area (Å²) >= 11 is 1.25. The Balaban J connectivity index is 1.35. The number of amides is 1. The second-order valence-electron chi connectivity index (χ2n) is 7.10. The van der Waals surface area contributed by atoms with E-state index in [1.165, 1.54) is 11.8 Å². The fraction of sp³-hybridized carbons (Fsp3) is 0.160. The molecule has 0 atom stereocenters. The lowest BCUT2D eigenvalue weighted by atomic mass is 10.2. The maximum Gasteiger partial charge on any atom is 0.262 e. The molecule has 1 N–H and O–H groups in total. The lowest BCUT2D eigenvalue weighted by Crippen LogP contribution is -2.23. The molecule has 1 heterocycles. The highest BCUT2D eigenvalue weighted by Crippen LogP contribution is 2.20. The van der Waals surface area contributed by atoms with Crippen LogP contribution in [0.4, 0.5) is 5.69 Å². The number of carbonyl (C=O) groups is 1. The van der Waals surface area contributed by atoms with Gasteiger partial charge >= 0.3 is 0 Å². The van der Waals surface area contributed by atoms with Gasteiger partial charge in [0.25, 0.3) is 5.56 Å². The molecular formula is C25H23N3O3S. The average molecular weight is 446 g/mol. The number of para-hydroxylation sites is 1. The molecule has 7 heteroatoms. The second kappa shape index (κ2) is 10.2. The summed E-state index contributed by atoms with van der Waals surface area (Å²) in [6.45, 7) is 2.87. The predicted molar refractivity (Wildman–Crippen MR) is 128 cm³/mol. The van der Waals surface area contributed by atoms with Gasteiger partial charge in [-0.3, -0.25) is 14.2 Å². The van der Waals surface area contributed by atoms with Crippen molar-refractivity contribution in [2.45, 2.75) is 25.2 Å². The van der Waals surface area contributed by atoms with Crippen molar-refractivity contribution in [2.75, 3.05) is 11.1 Å². The molecule has 4 rings (SSSR count). The highest BCUT2D eigenvalue weighted by atomic mass is 32.2. The fourth-order valence-corrected chi connectivity index (χ4v) is 4.10. The molecule has 0 saturated heterocycles. The molecule has 4 aromatic rings.